The van der Waals surface area contributed by atoms with Crippen LogP contribution in [0.2, 0.25) is 0 Å². The minimum atomic E-state index is 0. The molecule has 6 nitrogen and oxygen atoms in total. The van der Waals surface area contributed by atoms with E-state index in [4.69, 9.17) is 20.9 Å². The summed E-state index contributed by atoms with van der Waals surface area (Å²) in [6.45, 7) is 3.43. The van der Waals surface area contributed by atoms with E-state index < -0.39 is 0 Å². The van der Waals surface area contributed by atoms with Gasteiger partial charge in [-0.1, -0.05) is 60.2 Å². The maximum atomic E-state index is 5.86. The third-order valence-electron chi connectivity index (χ3n) is 5.02. The molecule has 8 N–H and O–H groups in total. The lowest BCUT2D eigenvalue weighted by molar-refractivity contribution is 0.314. The van der Waals surface area contributed by atoms with Crippen LogP contribution in [-0.4, -0.2) is 24.5 Å². The molecule has 0 bridgehead atoms. The molecule has 0 saturated carbocycles. The molecule has 1 heterocycles. The summed E-state index contributed by atoms with van der Waals surface area (Å²) in [6, 6.07) is 25.6. The molecule has 0 radical (unpaired) electrons. The lowest BCUT2D eigenvalue weighted by Crippen LogP contribution is -2.05. The highest BCUT2D eigenvalue weighted by Crippen LogP contribution is 2.35. The van der Waals surface area contributed by atoms with Crippen molar-refractivity contribution < 1.29 is 4.74 Å². The minimum absolute atomic E-state index is 0. The van der Waals surface area contributed by atoms with E-state index in [9.17, 15) is 0 Å². The van der Waals surface area contributed by atoms with Gasteiger partial charge in [-0.2, -0.15) is 0 Å². The molecule has 0 spiro atoms. The average molecular weight is 464 g/mol. The summed E-state index contributed by atoms with van der Waals surface area (Å²) in [5.74, 6) is 1.12. The van der Waals surface area contributed by atoms with E-state index in [1.165, 1.54) is 16.7 Å². The maximum absolute atomic E-state index is 5.86. The highest BCUT2D eigenvalue weighted by atomic mass is 32.1. The Hall–Kier alpha value is -3.26. The number of fused-ring (bicyclic) bond motifs is 1. The largest absolute Gasteiger partial charge is 0.493 e. The zero-order valence-electron chi connectivity index (χ0n) is 19.0. The summed E-state index contributed by atoms with van der Waals surface area (Å²) < 4.78 is 6.98. The molecule has 174 valence electrons. The zero-order valence-corrected chi connectivity index (χ0v) is 19.9. The van der Waals surface area contributed by atoms with Gasteiger partial charge in [0.25, 0.3) is 0 Å². The third kappa shape index (κ3) is 7.39. The molecule has 0 saturated heterocycles. The fraction of sp³-hybridized carbons (Fsp3) is 0.231. The Morgan fingerprint density at radius 2 is 1.82 bits per heavy atom. The lowest BCUT2D eigenvalue weighted by Gasteiger charge is -2.15. The molecular formula is C26H33N5OS. The van der Waals surface area contributed by atoms with E-state index in [0.717, 1.165) is 40.2 Å². The first-order valence-electron chi connectivity index (χ1n) is 10.7. The van der Waals surface area contributed by atoms with Crippen LogP contribution in [0.5, 0.6) is 5.75 Å². The summed E-state index contributed by atoms with van der Waals surface area (Å²) in [6.07, 6.45) is 2.55. The van der Waals surface area contributed by atoms with Gasteiger partial charge in [0, 0.05) is 5.92 Å². The van der Waals surface area contributed by atoms with Crippen molar-refractivity contribution in [1.82, 2.24) is 11.1 Å². The first kappa shape index (κ1) is 26.0. The van der Waals surface area contributed by atoms with Crippen molar-refractivity contribution in [3.05, 3.63) is 94.5 Å². The van der Waals surface area contributed by atoms with Crippen LogP contribution in [0.25, 0.3) is 10.2 Å². The van der Waals surface area contributed by atoms with Crippen LogP contribution >= 0.6 is 11.3 Å². The van der Waals surface area contributed by atoms with Gasteiger partial charge in [-0.3, -0.25) is 5.41 Å². The number of aromatic nitrogens is 1. The van der Waals surface area contributed by atoms with E-state index in [-0.39, 0.29) is 12.1 Å². The zero-order chi connectivity index (χ0) is 22.8. The number of nitrogens with zero attached hydrogens (tertiary/aromatic N) is 1. The van der Waals surface area contributed by atoms with Crippen LogP contribution in [-0.2, 0) is 6.42 Å². The van der Waals surface area contributed by atoms with Crippen LogP contribution < -0.4 is 22.4 Å². The fourth-order valence-electron chi connectivity index (χ4n) is 3.54. The number of benzene rings is 3. The Labute approximate surface area is 199 Å². The summed E-state index contributed by atoms with van der Waals surface area (Å²) in [4.78, 5) is 4.99. The number of ether oxygens (including phenoxy) is 1. The smallest absolute Gasteiger partial charge is 0.120 e. The molecule has 33 heavy (non-hydrogen) atoms. The molecule has 0 aliphatic rings. The minimum Gasteiger partial charge on any atom is -0.493 e. The van der Waals surface area contributed by atoms with Crippen LogP contribution in [0.4, 0.5) is 0 Å². The highest BCUT2D eigenvalue weighted by Gasteiger charge is 2.19. The van der Waals surface area contributed by atoms with Crippen LogP contribution in [0.3, 0.4) is 0 Å². The number of aryl methyl sites for hydroxylation is 1. The molecule has 1 unspecified atom stereocenters. The summed E-state index contributed by atoms with van der Waals surface area (Å²) in [5, 5.41) is 7.01. The predicted octanol–water partition coefficient (Wildman–Crippen LogP) is 5.42. The highest BCUT2D eigenvalue weighted by molar-refractivity contribution is 7.18. The predicted molar refractivity (Wildman–Crippen MR) is 140 cm³/mol. The van der Waals surface area contributed by atoms with Crippen LogP contribution in [0.1, 0.15) is 34.0 Å². The molecule has 0 aliphatic heterocycles. The second-order valence-electron chi connectivity index (χ2n) is 7.50. The molecule has 1 aromatic heterocycles. The molecule has 4 aromatic rings. The van der Waals surface area contributed by atoms with Gasteiger partial charge in [-0.05, 0) is 55.6 Å². The Kier molecular flexibility index (Phi) is 10.5. The fourth-order valence-corrected chi connectivity index (χ4v) is 4.67. The van der Waals surface area contributed by atoms with Crippen molar-refractivity contribution in [2.24, 2.45) is 11.5 Å². The van der Waals surface area contributed by atoms with E-state index in [0.29, 0.717) is 13.2 Å². The third-order valence-corrected chi connectivity index (χ3v) is 6.15. The number of hydrogen-bond donors (Lipinski definition) is 4. The normalized spacial score (nSPS) is 11.1. The summed E-state index contributed by atoms with van der Waals surface area (Å²) in [5.41, 5.74) is 14.9. The van der Waals surface area contributed by atoms with E-state index in [1.807, 2.05) is 6.07 Å². The molecule has 1 atom stereocenters. The second-order valence-corrected chi connectivity index (χ2v) is 8.56. The van der Waals surface area contributed by atoms with E-state index in [2.05, 4.69) is 79.4 Å². The van der Waals surface area contributed by atoms with Crippen molar-refractivity contribution in [2.45, 2.75) is 25.7 Å². The van der Waals surface area contributed by atoms with Gasteiger partial charge in [-0.15, -0.1) is 11.3 Å². The molecule has 0 amide bonds. The number of nitrogens with two attached hydrogens (primary N) is 2. The molecule has 7 heteroatoms. The topological polar surface area (TPSA) is 133 Å². The summed E-state index contributed by atoms with van der Waals surface area (Å²) >= 11 is 1.76. The standard InChI is InChI=1S/C25H26N2OS.CH4N2.H3N/c1-18-7-5-8-19(15-18)16-22(20-9-3-2-4-10-20)25-27-23-12-11-21(17-24(23)29-25)28-14-6-13-26;2-1-3;/h2-5,7-12,15,17,22H,6,13-14,16,26H2,1H3;1H,(H3,2,3);1H3. The quantitative estimate of drug-likeness (QED) is 0.157. The van der Waals surface area contributed by atoms with Crippen molar-refractivity contribution in [3.8, 4) is 5.75 Å². The molecule has 3 aromatic carbocycles. The number of hydrogen-bond acceptors (Lipinski definition) is 6. The van der Waals surface area contributed by atoms with Crippen molar-refractivity contribution in [1.29, 1.82) is 5.41 Å². The van der Waals surface area contributed by atoms with Crippen LogP contribution in [0, 0.1) is 12.3 Å². The van der Waals surface area contributed by atoms with Gasteiger partial charge in [0.2, 0.25) is 0 Å². The molecule has 0 aliphatic carbocycles. The SMILES string of the molecule is Cc1cccc(CC(c2ccccc2)c2nc3ccc(OCCCN)cc3s2)c1.N.N=CN. The lowest BCUT2D eigenvalue weighted by atomic mass is 9.92. The molecule has 4 rings (SSSR count). The summed E-state index contributed by atoms with van der Waals surface area (Å²) in [7, 11) is 0. The van der Waals surface area contributed by atoms with Gasteiger partial charge in [-0.25, -0.2) is 4.98 Å². The maximum Gasteiger partial charge on any atom is 0.120 e. The van der Waals surface area contributed by atoms with Crippen molar-refractivity contribution >= 4 is 27.9 Å². The Morgan fingerprint density at radius 1 is 1.06 bits per heavy atom. The van der Waals surface area contributed by atoms with Gasteiger partial charge >= 0.3 is 0 Å². The Balaban J connectivity index is 0.000000914. The van der Waals surface area contributed by atoms with Crippen LogP contribution in [0.15, 0.2) is 72.8 Å². The van der Waals surface area contributed by atoms with Crippen molar-refractivity contribution in [2.75, 3.05) is 13.2 Å². The molecule has 0 fully saturated rings. The van der Waals surface area contributed by atoms with Gasteiger partial charge in [0.15, 0.2) is 0 Å². The second kappa shape index (κ2) is 13.3. The van der Waals surface area contributed by atoms with E-state index in [1.54, 1.807) is 11.3 Å². The van der Waals surface area contributed by atoms with E-state index >= 15 is 0 Å². The number of thiazole rings is 1. The van der Waals surface area contributed by atoms with Gasteiger partial charge in [0.05, 0.1) is 23.2 Å². The van der Waals surface area contributed by atoms with Gasteiger partial charge in [0.1, 0.15) is 10.8 Å². The molecular weight excluding hydrogens is 430 g/mol. The van der Waals surface area contributed by atoms with Crippen molar-refractivity contribution in [3.63, 3.8) is 0 Å². The monoisotopic (exact) mass is 463 g/mol. The average Bonchev–Trinajstić information content (AvgIpc) is 3.22. The number of rotatable bonds is 8. The Bertz CT molecular complexity index is 1130. The van der Waals surface area contributed by atoms with Gasteiger partial charge < -0.3 is 22.4 Å². The number of nitrogens with one attached hydrogen (secondary N) is 1. The first-order valence-corrected chi connectivity index (χ1v) is 11.5. The first-order chi connectivity index (χ1) is 15.6. The Morgan fingerprint density at radius 3 is 2.52 bits per heavy atom.